The molecule has 2 N–H and O–H groups in total. The van der Waals surface area contributed by atoms with Gasteiger partial charge in [0.2, 0.25) is 0 Å². The van der Waals surface area contributed by atoms with Crippen LogP contribution < -0.4 is 10.6 Å². The minimum absolute atomic E-state index is 0.00411. The van der Waals surface area contributed by atoms with E-state index < -0.39 is 0 Å². The molecule has 0 bridgehead atoms. The first-order valence-corrected chi connectivity index (χ1v) is 9.06. The van der Waals surface area contributed by atoms with Crippen LogP contribution in [0.4, 0.5) is 10.5 Å². The lowest BCUT2D eigenvalue weighted by Gasteiger charge is -2.23. The third-order valence-electron chi connectivity index (χ3n) is 4.63. The number of carbonyl (C=O) groups is 2. The zero-order chi connectivity index (χ0) is 17.9. The van der Waals surface area contributed by atoms with Crippen molar-refractivity contribution < 1.29 is 9.59 Å². The summed E-state index contributed by atoms with van der Waals surface area (Å²) in [6, 6.07) is 11.4. The highest BCUT2D eigenvalue weighted by Crippen LogP contribution is 2.30. The van der Waals surface area contributed by atoms with E-state index in [9.17, 15) is 9.59 Å². The number of rotatable bonds is 6. The topological polar surface area (TPSA) is 74.3 Å². The standard InChI is InChI=1S/C20H22N4O2/c25-19(24(18-6-7-18)13-14-8-10-21-11-9-14)15-2-1-3-17(12-15)23-20(26)22-16-4-5-16/h1-3,8-12,16,18H,4-7,13H2,(H2,22,23,26). The van der Waals surface area contributed by atoms with Crippen LogP contribution in [0.5, 0.6) is 0 Å². The first kappa shape index (κ1) is 16.6. The van der Waals surface area contributed by atoms with Crippen LogP contribution >= 0.6 is 0 Å². The number of hydrogen-bond acceptors (Lipinski definition) is 3. The number of amides is 3. The summed E-state index contributed by atoms with van der Waals surface area (Å²) in [5.74, 6) is -0.00411. The quantitative estimate of drug-likeness (QED) is 0.840. The fourth-order valence-corrected chi connectivity index (χ4v) is 2.91. The van der Waals surface area contributed by atoms with Gasteiger partial charge in [-0.25, -0.2) is 4.79 Å². The Kier molecular flexibility index (Phi) is 4.56. The summed E-state index contributed by atoms with van der Waals surface area (Å²) in [5, 5.41) is 5.70. The van der Waals surface area contributed by atoms with Crippen molar-refractivity contribution in [3.8, 4) is 0 Å². The summed E-state index contributed by atoms with van der Waals surface area (Å²) in [6.45, 7) is 0.575. The fraction of sp³-hybridized carbons (Fsp3) is 0.350. The lowest BCUT2D eigenvalue weighted by Crippen LogP contribution is -2.33. The molecule has 2 fully saturated rings. The zero-order valence-corrected chi connectivity index (χ0v) is 14.5. The molecule has 6 heteroatoms. The van der Waals surface area contributed by atoms with Gasteiger partial charge < -0.3 is 15.5 Å². The van der Waals surface area contributed by atoms with E-state index in [0.717, 1.165) is 31.2 Å². The third-order valence-corrected chi connectivity index (χ3v) is 4.63. The number of urea groups is 1. The Balaban J connectivity index is 1.46. The second-order valence-corrected chi connectivity index (χ2v) is 6.97. The summed E-state index contributed by atoms with van der Waals surface area (Å²) in [6.07, 6.45) is 7.65. The van der Waals surface area contributed by atoms with E-state index in [2.05, 4.69) is 15.6 Å². The largest absolute Gasteiger partial charge is 0.335 e. The summed E-state index contributed by atoms with van der Waals surface area (Å²) in [4.78, 5) is 30.9. The van der Waals surface area contributed by atoms with Crippen LogP contribution in [0, 0.1) is 0 Å². The number of carbonyl (C=O) groups excluding carboxylic acids is 2. The van der Waals surface area contributed by atoms with Crippen molar-refractivity contribution in [3.05, 3.63) is 59.9 Å². The summed E-state index contributed by atoms with van der Waals surface area (Å²) >= 11 is 0. The molecule has 0 aliphatic heterocycles. The van der Waals surface area contributed by atoms with Crippen LogP contribution in [0.3, 0.4) is 0 Å². The van der Waals surface area contributed by atoms with E-state index >= 15 is 0 Å². The van der Waals surface area contributed by atoms with E-state index in [-0.39, 0.29) is 11.9 Å². The van der Waals surface area contributed by atoms with Crippen molar-refractivity contribution in [1.82, 2.24) is 15.2 Å². The van der Waals surface area contributed by atoms with Crippen LogP contribution in [0.15, 0.2) is 48.8 Å². The highest BCUT2D eigenvalue weighted by Gasteiger charge is 2.33. The molecule has 4 rings (SSSR count). The summed E-state index contributed by atoms with van der Waals surface area (Å²) in [7, 11) is 0. The van der Waals surface area contributed by atoms with E-state index in [0.29, 0.717) is 29.9 Å². The highest BCUT2D eigenvalue weighted by molar-refractivity contribution is 5.97. The van der Waals surface area contributed by atoms with Gasteiger partial charge in [0.25, 0.3) is 5.91 Å². The second-order valence-electron chi connectivity index (χ2n) is 6.97. The van der Waals surface area contributed by atoms with Crippen molar-refractivity contribution in [2.75, 3.05) is 5.32 Å². The van der Waals surface area contributed by atoms with Gasteiger partial charge in [0, 0.05) is 42.3 Å². The number of anilines is 1. The first-order chi connectivity index (χ1) is 12.7. The molecule has 1 aromatic heterocycles. The average Bonchev–Trinajstić information content (AvgIpc) is 3.55. The summed E-state index contributed by atoms with van der Waals surface area (Å²) in [5.41, 5.74) is 2.29. The monoisotopic (exact) mass is 350 g/mol. The first-order valence-electron chi connectivity index (χ1n) is 9.06. The maximum Gasteiger partial charge on any atom is 0.319 e. The number of aromatic nitrogens is 1. The molecule has 134 valence electrons. The molecular formula is C20H22N4O2. The van der Waals surface area contributed by atoms with Gasteiger partial charge in [-0.3, -0.25) is 9.78 Å². The lowest BCUT2D eigenvalue weighted by atomic mass is 10.1. The van der Waals surface area contributed by atoms with Gasteiger partial charge in [0.1, 0.15) is 0 Å². The highest BCUT2D eigenvalue weighted by atomic mass is 16.2. The second kappa shape index (κ2) is 7.15. The van der Waals surface area contributed by atoms with E-state index in [4.69, 9.17) is 0 Å². The van der Waals surface area contributed by atoms with E-state index in [1.54, 1.807) is 36.7 Å². The van der Waals surface area contributed by atoms with E-state index in [1.165, 1.54) is 0 Å². The molecule has 2 aromatic rings. The van der Waals surface area contributed by atoms with Crippen LogP contribution in [-0.4, -0.2) is 33.9 Å². The van der Waals surface area contributed by atoms with Gasteiger partial charge in [-0.05, 0) is 61.6 Å². The number of pyridine rings is 1. The molecule has 1 heterocycles. The molecule has 0 atom stereocenters. The van der Waals surface area contributed by atoms with Crippen LogP contribution in [-0.2, 0) is 6.54 Å². The Hall–Kier alpha value is -2.89. The number of nitrogens with zero attached hydrogens (tertiary/aromatic N) is 2. The Bertz CT molecular complexity index is 800. The molecule has 0 saturated heterocycles. The average molecular weight is 350 g/mol. The van der Waals surface area contributed by atoms with Crippen LogP contribution in [0.1, 0.15) is 41.6 Å². The molecule has 2 aliphatic carbocycles. The zero-order valence-electron chi connectivity index (χ0n) is 14.5. The van der Waals surface area contributed by atoms with Gasteiger partial charge >= 0.3 is 6.03 Å². The van der Waals surface area contributed by atoms with Crippen LogP contribution in [0.2, 0.25) is 0 Å². The molecule has 0 spiro atoms. The van der Waals surface area contributed by atoms with E-state index in [1.807, 2.05) is 17.0 Å². The van der Waals surface area contributed by atoms with Gasteiger partial charge in [-0.1, -0.05) is 6.07 Å². The lowest BCUT2D eigenvalue weighted by molar-refractivity contribution is 0.0730. The predicted octanol–water partition coefficient (Wildman–Crippen LogP) is 3.17. The number of benzene rings is 1. The smallest absolute Gasteiger partial charge is 0.319 e. The Morgan fingerprint density at radius 3 is 2.54 bits per heavy atom. The van der Waals surface area contributed by atoms with Crippen molar-refractivity contribution in [2.24, 2.45) is 0 Å². The molecule has 0 radical (unpaired) electrons. The SMILES string of the molecule is O=C(Nc1cccc(C(=O)N(Cc2ccncc2)C2CC2)c1)NC1CC1. The molecule has 0 unspecified atom stereocenters. The molecule has 6 nitrogen and oxygen atoms in total. The maximum atomic E-state index is 13.0. The Morgan fingerprint density at radius 2 is 1.85 bits per heavy atom. The van der Waals surface area contributed by atoms with Crippen molar-refractivity contribution in [2.45, 2.75) is 44.3 Å². The van der Waals surface area contributed by atoms with Crippen molar-refractivity contribution in [1.29, 1.82) is 0 Å². The molecule has 1 aromatic carbocycles. The molecule has 2 aliphatic rings. The predicted molar refractivity (Wildman–Crippen MR) is 98.8 cm³/mol. The van der Waals surface area contributed by atoms with Gasteiger partial charge in [-0.2, -0.15) is 0 Å². The van der Waals surface area contributed by atoms with Gasteiger partial charge in [0.15, 0.2) is 0 Å². The normalized spacial score (nSPS) is 16.0. The molecule has 2 saturated carbocycles. The van der Waals surface area contributed by atoms with Gasteiger partial charge in [-0.15, -0.1) is 0 Å². The third kappa shape index (κ3) is 4.20. The Labute approximate surface area is 152 Å². The summed E-state index contributed by atoms with van der Waals surface area (Å²) < 4.78 is 0. The molecule has 26 heavy (non-hydrogen) atoms. The maximum absolute atomic E-state index is 13.0. The van der Waals surface area contributed by atoms with Crippen molar-refractivity contribution in [3.63, 3.8) is 0 Å². The Morgan fingerprint density at radius 1 is 1.08 bits per heavy atom. The number of hydrogen-bond donors (Lipinski definition) is 2. The molecular weight excluding hydrogens is 328 g/mol. The van der Waals surface area contributed by atoms with Gasteiger partial charge in [0.05, 0.1) is 0 Å². The van der Waals surface area contributed by atoms with Crippen molar-refractivity contribution >= 4 is 17.6 Å². The van der Waals surface area contributed by atoms with Crippen LogP contribution in [0.25, 0.3) is 0 Å². The number of nitrogens with one attached hydrogen (secondary N) is 2. The minimum atomic E-state index is -0.215. The molecule has 3 amide bonds. The minimum Gasteiger partial charge on any atom is -0.335 e. The fourth-order valence-electron chi connectivity index (χ4n) is 2.91.